The molecule has 0 spiro atoms. The maximum Gasteiger partial charge on any atom is 0.492 e. The Morgan fingerprint density at radius 2 is 1.78 bits per heavy atom. The lowest BCUT2D eigenvalue weighted by atomic mass is 9.79. The molecule has 2 rings (SSSR count). The van der Waals surface area contributed by atoms with Crippen molar-refractivity contribution in [3.05, 3.63) is 54.4 Å². The molecule has 92 valence electrons. The molecule has 2 aromatic rings. The summed E-state index contributed by atoms with van der Waals surface area (Å²) in [5.74, 6) is 0.501. The molecule has 0 aliphatic rings. The summed E-state index contributed by atoms with van der Waals surface area (Å²) < 4.78 is 5.56. The number of aromatic nitrogens is 1. The monoisotopic (exact) mass is 243 g/mol. The zero-order valence-electron chi connectivity index (χ0n) is 9.86. The first-order chi connectivity index (χ1) is 8.77. The van der Waals surface area contributed by atoms with Gasteiger partial charge in [-0.1, -0.05) is 18.2 Å². The number of hydrogen-bond acceptors (Lipinski definition) is 4. The molecule has 0 amide bonds. The Morgan fingerprint density at radius 3 is 2.50 bits per heavy atom. The van der Waals surface area contributed by atoms with Gasteiger partial charge in [0, 0.05) is 24.3 Å². The van der Waals surface area contributed by atoms with Crippen molar-refractivity contribution in [3.8, 4) is 5.75 Å². The van der Waals surface area contributed by atoms with Crippen LogP contribution in [0, 0.1) is 0 Å². The van der Waals surface area contributed by atoms with Crippen LogP contribution in [0.4, 0.5) is 0 Å². The van der Waals surface area contributed by atoms with Crippen LogP contribution in [0.1, 0.15) is 5.56 Å². The minimum absolute atomic E-state index is 0.382. The summed E-state index contributed by atoms with van der Waals surface area (Å²) in [4.78, 5) is 3.94. The first kappa shape index (κ1) is 12.6. The van der Waals surface area contributed by atoms with Crippen LogP contribution in [0.25, 0.3) is 0 Å². The van der Waals surface area contributed by atoms with Crippen molar-refractivity contribution in [2.45, 2.75) is 6.42 Å². The van der Waals surface area contributed by atoms with Gasteiger partial charge in [0.2, 0.25) is 0 Å². The van der Waals surface area contributed by atoms with Crippen LogP contribution in [0.3, 0.4) is 0 Å². The van der Waals surface area contributed by atoms with Gasteiger partial charge >= 0.3 is 7.12 Å². The highest BCUT2D eigenvalue weighted by molar-refractivity contribution is 6.59. The standard InChI is InChI=1S/C13H14BNO3/c16-14(17)12-3-1-2-4-13(12)18-10-7-11-5-8-15-9-6-11/h1-6,8-9,16-17H,7,10H2. The zero-order valence-corrected chi connectivity index (χ0v) is 9.86. The molecular weight excluding hydrogens is 229 g/mol. The summed E-state index contributed by atoms with van der Waals surface area (Å²) in [6.07, 6.45) is 4.22. The molecule has 0 unspecified atom stereocenters. The van der Waals surface area contributed by atoms with Crippen LogP contribution in [-0.2, 0) is 6.42 Å². The Balaban J connectivity index is 1.94. The smallest absolute Gasteiger partial charge is 0.492 e. The zero-order chi connectivity index (χ0) is 12.8. The van der Waals surface area contributed by atoms with E-state index >= 15 is 0 Å². The number of nitrogens with zero attached hydrogens (tertiary/aromatic N) is 1. The summed E-state index contributed by atoms with van der Waals surface area (Å²) in [5.41, 5.74) is 1.51. The summed E-state index contributed by atoms with van der Waals surface area (Å²) in [5, 5.41) is 18.4. The number of ether oxygens (including phenoxy) is 1. The number of benzene rings is 1. The molecule has 0 radical (unpaired) electrons. The predicted molar refractivity (Wildman–Crippen MR) is 69.7 cm³/mol. The maximum atomic E-state index is 9.19. The minimum atomic E-state index is -1.51. The molecule has 0 fully saturated rings. The average Bonchev–Trinajstić information content (AvgIpc) is 2.40. The Bertz CT molecular complexity index is 491. The molecule has 2 N–H and O–H groups in total. The van der Waals surface area contributed by atoms with Crippen molar-refractivity contribution in [2.75, 3.05) is 6.61 Å². The van der Waals surface area contributed by atoms with Crippen molar-refractivity contribution in [3.63, 3.8) is 0 Å². The van der Waals surface area contributed by atoms with Crippen LogP contribution >= 0.6 is 0 Å². The third kappa shape index (κ3) is 3.32. The van der Waals surface area contributed by atoms with Gasteiger partial charge in [-0.15, -0.1) is 0 Å². The highest BCUT2D eigenvalue weighted by Crippen LogP contribution is 2.08. The molecule has 0 saturated heterocycles. The number of hydrogen-bond donors (Lipinski definition) is 2. The molecule has 0 atom stereocenters. The minimum Gasteiger partial charge on any atom is -0.494 e. The van der Waals surface area contributed by atoms with Gasteiger partial charge in [0.05, 0.1) is 6.61 Å². The topological polar surface area (TPSA) is 62.6 Å². The van der Waals surface area contributed by atoms with Gasteiger partial charge in [0.15, 0.2) is 0 Å². The van der Waals surface area contributed by atoms with Gasteiger partial charge < -0.3 is 14.8 Å². The number of para-hydroxylation sites is 1. The van der Waals surface area contributed by atoms with E-state index in [-0.39, 0.29) is 0 Å². The van der Waals surface area contributed by atoms with E-state index in [0.717, 1.165) is 12.0 Å². The quantitative estimate of drug-likeness (QED) is 0.745. The second-order valence-electron chi connectivity index (χ2n) is 3.87. The Hall–Kier alpha value is -1.85. The van der Waals surface area contributed by atoms with Crippen LogP contribution in [0.2, 0.25) is 0 Å². The van der Waals surface area contributed by atoms with Crippen LogP contribution in [0.15, 0.2) is 48.8 Å². The van der Waals surface area contributed by atoms with E-state index in [1.165, 1.54) is 0 Å². The highest BCUT2D eigenvalue weighted by Gasteiger charge is 2.15. The second-order valence-corrected chi connectivity index (χ2v) is 3.87. The largest absolute Gasteiger partial charge is 0.494 e. The van der Waals surface area contributed by atoms with E-state index in [1.54, 1.807) is 36.7 Å². The van der Waals surface area contributed by atoms with Crippen molar-refractivity contribution < 1.29 is 14.8 Å². The molecule has 18 heavy (non-hydrogen) atoms. The fourth-order valence-electron chi connectivity index (χ4n) is 1.65. The lowest BCUT2D eigenvalue weighted by Crippen LogP contribution is -2.31. The van der Waals surface area contributed by atoms with Gasteiger partial charge in [-0.25, -0.2) is 0 Å². The summed E-state index contributed by atoms with van der Waals surface area (Å²) >= 11 is 0. The lowest BCUT2D eigenvalue weighted by molar-refractivity contribution is 0.322. The maximum absolute atomic E-state index is 9.19. The third-order valence-corrected chi connectivity index (χ3v) is 2.59. The molecule has 0 saturated carbocycles. The van der Waals surface area contributed by atoms with E-state index in [4.69, 9.17) is 4.74 Å². The number of pyridine rings is 1. The molecule has 1 aromatic carbocycles. The summed E-state index contributed by atoms with van der Waals surface area (Å²) in [6, 6.07) is 10.7. The van der Waals surface area contributed by atoms with E-state index in [1.807, 2.05) is 12.1 Å². The van der Waals surface area contributed by atoms with E-state index in [2.05, 4.69) is 4.98 Å². The van der Waals surface area contributed by atoms with E-state index in [9.17, 15) is 10.0 Å². The Kier molecular flexibility index (Phi) is 4.33. The third-order valence-electron chi connectivity index (χ3n) is 2.59. The van der Waals surface area contributed by atoms with Crippen molar-refractivity contribution in [1.29, 1.82) is 0 Å². The first-order valence-corrected chi connectivity index (χ1v) is 5.74. The number of rotatable bonds is 5. The molecule has 1 heterocycles. The van der Waals surface area contributed by atoms with Crippen LogP contribution in [0.5, 0.6) is 5.75 Å². The van der Waals surface area contributed by atoms with E-state index < -0.39 is 7.12 Å². The van der Waals surface area contributed by atoms with Gasteiger partial charge in [0.1, 0.15) is 5.75 Å². The molecule has 5 heteroatoms. The van der Waals surface area contributed by atoms with Crippen LogP contribution < -0.4 is 10.2 Å². The highest BCUT2D eigenvalue weighted by atomic mass is 16.5. The normalized spacial score (nSPS) is 10.1. The lowest BCUT2D eigenvalue weighted by Gasteiger charge is -2.10. The van der Waals surface area contributed by atoms with Crippen molar-refractivity contribution >= 4 is 12.6 Å². The summed E-state index contributed by atoms with van der Waals surface area (Å²) in [7, 11) is -1.51. The average molecular weight is 243 g/mol. The van der Waals surface area contributed by atoms with Crippen molar-refractivity contribution in [2.24, 2.45) is 0 Å². The molecule has 0 bridgehead atoms. The van der Waals surface area contributed by atoms with Crippen LogP contribution in [-0.4, -0.2) is 28.8 Å². The second kappa shape index (κ2) is 6.19. The van der Waals surface area contributed by atoms with Gasteiger partial charge in [-0.3, -0.25) is 4.98 Å². The van der Waals surface area contributed by atoms with Gasteiger partial charge in [-0.05, 0) is 23.8 Å². The molecular formula is C13H14BNO3. The Labute approximate surface area is 106 Å². The molecule has 0 aliphatic carbocycles. The SMILES string of the molecule is OB(O)c1ccccc1OCCc1ccncc1. The summed E-state index contributed by atoms with van der Waals surface area (Å²) in [6.45, 7) is 0.480. The fraction of sp³-hybridized carbons (Fsp3) is 0.154. The molecule has 0 aliphatic heterocycles. The van der Waals surface area contributed by atoms with Gasteiger partial charge in [-0.2, -0.15) is 0 Å². The molecule has 1 aromatic heterocycles. The van der Waals surface area contributed by atoms with E-state index in [0.29, 0.717) is 17.8 Å². The fourth-order valence-corrected chi connectivity index (χ4v) is 1.65. The molecule has 4 nitrogen and oxygen atoms in total. The first-order valence-electron chi connectivity index (χ1n) is 5.74. The Morgan fingerprint density at radius 1 is 1.06 bits per heavy atom. The van der Waals surface area contributed by atoms with Crippen molar-refractivity contribution in [1.82, 2.24) is 4.98 Å². The van der Waals surface area contributed by atoms with Gasteiger partial charge in [0.25, 0.3) is 0 Å². The predicted octanol–water partition coefficient (Wildman–Crippen LogP) is 0.383.